The molecule has 0 aromatic rings. The number of aliphatic hydroxyl groups excluding tert-OH is 6. The fraction of sp³-hybridized carbons (Fsp3) is 0.950. The van der Waals surface area contributed by atoms with Crippen molar-refractivity contribution in [2.24, 2.45) is 47.3 Å². The van der Waals surface area contributed by atoms with Crippen LogP contribution in [0, 0.1) is 47.3 Å². The second-order valence-electron chi connectivity index (χ2n) is 17.9. The molecule has 0 amide bonds. The number of hydrogen-bond donors (Lipinski definition) is 6. The number of carbonyl (C=O) groups is 2. The number of esters is 2. The maximum absolute atomic E-state index is 13.1. The predicted molar refractivity (Wildman–Crippen MR) is 193 cm³/mol. The van der Waals surface area contributed by atoms with Gasteiger partial charge in [0, 0.05) is 0 Å². The van der Waals surface area contributed by atoms with Gasteiger partial charge in [0.05, 0.1) is 0 Å². The first-order valence-corrected chi connectivity index (χ1v) is 23.2. The number of hydrogen-bond acceptors (Lipinski definition) is 14. The molecule has 0 aromatic carbocycles. The summed E-state index contributed by atoms with van der Waals surface area (Å²) in [6, 6.07) is 0. The normalized spacial score (nSPS) is 50.1. The Morgan fingerprint density at radius 3 is 1.38 bits per heavy atom. The fourth-order valence-corrected chi connectivity index (χ4v) is 14.7. The first kappa shape index (κ1) is 40.8. The standard InChI is InChI=1S/C40H62O14Se/c41-15-29-31(43)35(49-17-21-13-25-23-7-3-1-5-19(23)9-11-27(25)51-37(21)47)33(45)39(53-29)55-40-34(46)36(32(44)30(16-42)54-40)50-18-22-14-26-24-8-4-2-6-20(24)10-12-28(26)52-38(22)48/h19-36,39-46H,1-18H2/t19?,20?,21?,22?,23?,24?,25?,26?,27?,28?,29-,30-,31+,32+,33-,34-,35+,36+,39+,40+/m1/s1. The van der Waals surface area contributed by atoms with Gasteiger partial charge in [-0.2, -0.15) is 0 Å². The fourth-order valence-electron chi connectivity index (χ4n) is 11.9. The minimum atomic E-state index is -1.42. The number of carbonyl (C=O) groups excluding carboxylic acids is 2. The first-order valence-electron chi connectivity index (χ1n) is 21.2. The molecule has 6 N–H and O–H groups in total. The number of fused-ring (bicyclic) bond motifs is 6. The Morgan fingerprint density at radius 1 is 0.545 bits per heavy atom. The summed E-state index contributed by atoms with van der Waals surface area (Å²) < 4.78 is 36.1. The van der Waals surface area contributed by atoms with E-state index in [9.17, 15) is 40.2 Å². The molecule has 4 saturated heterocycles. The van der Waals surface area contributed by atoms with Gasteiger partial charge in [0.1, 0.15) is 0 Å². The van der Waals surface area contributed by atoms with Crippen molar-refractivity contribution in [1.29, 1.82) is 0 Å². The molecule has 0 radical (unpaired) electrons. The minimum absolute atomic E-state index is 0.0695. The maximum atomic E-state index is 13.1. The van der Waals surface area contributed by atoms with Gasteiger partial charge in [0.2, 0.25) is 0 Å². The van der Waals surface area contributed by atoms with E-state index in [0.717, 1.165) is 38.5 Å². The van der Waals surface area contributed by atoms with Crippen molar-refractivity contribution in [3.8, 4) is 0 Å². The van der Waals surface area contributed by atoms with E-state index >= 15 is 0 Å². The van der Waals surface area contributed by atoms with Gasteiger partial charge in [-0.15, -0.1) is 0 Å². The van der Waals surface area contributed by atoms with Crippen molar-refractivity contribution in [1.82, 2.24) is 0 Å². The van der Waals surface area contributed by atoms with Crippen molar-refractivity contribution in [3.63, 3.8) is 0 Å². The third-order valence-electron chi connectivity index (χ3n) is 14.8. The zero-order valence-corrected chi connectivity index (χ0v) is 33.3. The van der Waals surface area contributed by atoms with Gasteiger partial charge in [-0.25, -0.2) is 0 Å². The Kier molecular flexibility index (Phi) is 13.2. The second kappa shape index (κ2) is 17.7. The van der Waals surface area contributed by atoms with Crippen LogP contribution >= 0.6 is 0 Å². The van der Waals surface area contributed by atoms with Crippen LogP contribution < -0.4 is 0 Å². The SMILES string of the molecule is O=C1OC2CCC3CCCCC3C2CC1CO[C@H]1[C@@H](O)[C@@H](CO)O[C@@H]([Se][C@@H]2O[C@H](CO)[C@H](O)[C@H](OCC3CC4C(CCC5CCCCC54)OC3=O)[C@H]2O)[C@@H]1O. The Balaban J connectivity index is 0.902. The first-order chi connectivity index (χ1) is 26.6. The summed E-state index contributed by atoms with van der Waals surface area (Å²) in [4.78, 5) is 26.2. The van der Waals surface area contributed by atoms with E-state index in [1.807, 2.05) is 0 Å². The zero-order chi connectivity index (χ0) is 38.4. The molecule has 15 heteroatoms. The molecule has 4 heterocycles. The van der Waals surface area contributed by atoms with Crippen LogP contribution in [-0.4, -0.2) is 155 Å². The van der Waals surface area contributed by atoms with Crippen LogP contribution in [0.2, 0.25) is 0 Å². The average Bonchev–Trinajstić information content (AvgIpc) is 3.19. The summed E-state index contributed by atoms with van der Waals surface area (Å²) in [6.07, 6.45) is 4.33. The van der Waals surface area contributed by atoms with Crippen LogP contribution in [0.5, 0.6) is 0 Å². The molecule has 4 saturated carbocycles. The average molecular weight is 846 g/mol. The van der Waals surface area contributed by atoms with Crippen LogP contribution in [0.1, 0.15) is 89.9 Å². The van der Waals surface area contributed by atoms with Crippen molar-refractivity contribution in [2.45, 2.75) is 161 Å². The third-order valence-corrected chi connectivity index (χ3v) is 17.6. The number of aliphatic hydroxyl groups is 6. The molecule has 55 heavy (non-hydrogen) atoms. The second-order valence-corrected chi connectivity index (χ2v) is 20.4. The number of ether oxygens (including phenoxy) is 6. The van der Waals surface area contributed by atoms with Crippen molar-refractivity contribution in [3.05, 3.63) is 0 Å². The quantitative estimate of drug-likeness (QED) is 0.132. The molecule has 8 rings (SSSR count). The molecule has 312 valence electrons. The van der Waals surface area contributed by atoms with E-state index < -0.39 is 98.8 Å². The Hall–Kier alpha value is -0.941. The number of rotatable bonds is 10. The molecule has 0 bridgehead atoms. The van der Waals surface area contributed by atoms with E-state index in [0.29, 0.717) is 36.5 Å². The molecule has 4 aliphatic carbocycles. The molecule has 0 aromatic heterocycles. The summed E-state index contributed by atoms with van der Waals surface area (Å²) in [7, 11) is 0. The van der Waals surface area contributed by atoms with E-state index in [-0.39, 0.29) is 49.2 Å². The van der Waals surface area contributed by atoms with Gasteiger partial charge in [-0.1, -0.05) is 0 Å². The van der Waals surface area contributed by atoms with E-state index in [4.69, 9.17) is 28.4 Å². The molecule has 0 spiro atoms. The van der Waals surface area contributed by atoms with Crippen molar-refractivity contribution < 1.29 is 68.6 Å². The molecule has 8 fully saturated rings. The zero-order valence-electron chi connectivity index (χ0n) is 31.6. The molecule has 10 unspecified atom stereocenters. The van der Waals surface area contributed by atoms with Gasteiger partial charge in [-0.05, 0) is 0 Å². The molecular formula is C40H62O14Se. The van der Waals surface area contributed by atoms with Gasteiger partial charge >= 0.3 is 330 Å². The third kappa shape index (κ3) is 8.30. The van der Waals surface area contributed by atoms with E-state index in [2.05, 4.69) is 0 Å². The van der Waals surface area contributed by atoms with Gasteiger partial charge < -0.3 is 0 Å². The van der Waals surface area contributed by atoms with Gasteiger partial charge in [0.15, 0.2) is 0 Å². The van der Waals surface area contributed by atoms with E-state index in [1.165, 1.54) is 38.5 Å². The summed E-state index contributed by atoms with van der Waals surface area (Å²) >= 11 is -0.923. The van der Waals surface area contributed by atoms with Crippen LogP contribution in [0.15, 0.2) is 0 Å². The molecule has 14 nitrogen and oxygen atoms in total. The summed E-state index contributed by atoms with van der Waals surface area (Å²) in [5.74, 6) is 1.13. The Morgan fingerprint density at radius 2 is 0.964 bits per heavy atom. The molecule has 8 aliphatic rings. The molecular weight excluding hydrogens is 783 g/mol. The monoisotopic (exact) mass is 846 g/mol. The summed E-state index contributed by atoms with van der Waals surface area (Å²) in [5, 5.41) is 63.6. The van der Waals surface area contributed by atoms with E-state index in [1.54, 1.807) is 0 Å². The van der Waals surface area contributed by atoms with Crippen LogP contribution in [0.4, 0.5) is 0 Å². The summed E-state index contributed by atoms with van der Waals surface area (Å²) in [5.41, 5.74) is 0. The topological polar surface area (TPSA) is 211 Å². The van der Waals surface area contributed by atoms with Crippen LogP contribution in [0.3, 0.4) is 0 Å². The predicted octanol–water partition coefficient (Wildman–Crippen LogP) is 0.635. The van der Waals surface area contributed by atoms with Crippen LogP contribution in [-0.2, 0) is 38.0 Å². The van der Waals surface area contributed by atoms with Gasteiger partial charge in [-0.3, -0.25) is 0 Å². The van der Waals surface area contributed by atoms with Crippen LogP contribution in [0.25, 0.3) is 0 Å². The summed E-state index contributed by atoms with van der Waals surface area (Å²) in [6.45, 7) is -1.28. The Bertz CT molecular complexity index is 1230. The molecule has 20 atom stereocenters. The van der Waals surface area contributed by atoms with Gasteiger partial charge in [0.25, 0.3) is 0 Å². The molecule has 4 aliphatic heterocycles. The Labute approximate surface area is 329 Å². The van der Waals surface area contributed by atoms with Crippen molar-refractivity contribution >= 4 is 26.9 Å². The van der Waals surface area contributed by atoms with Crippen molar-refractivity contribution in [2.75, 3.05) is 26.4 Å².